The normalized spacial score (nSPS) is 12.9. The van der Waals surface area contributed by atoms with Gasteiger partial charge in [-0.1, -0.05) is 0 Å². The summed E-state index contributed by atoms with van der Waals surface area (Å²) in [6, 6.07) is 7.20. The standard InChI is InChI=1S/C32H28FN11O9/c1-51-25-13-18(32(49)50)23(36-30(46)21-5-7-28-39-41-42-44(28)40-21)15-26(25)53-11-3-2-10-52-24-14-22(17(31(47)48)12-19(24)33)35-29(45)20-4-6-27(38-37-20)43-9-8-34-16-43/h4-9,12-16,41-42H,2-3,10-11H2,1H3,(H,35,45)(H,36,46)(H,47,48)(H,49,50). The molecule has 0 unspecified atom stereocenters. The van der Waals surface area contributed by atoms with Crippen molar-refractivity contribution in [2.24, 2.45) is 10.2 Å². The number of nitrogens with zero attached hydrogens (tertiary/aromatic N) is 7. The number of hydrazone groups is 2. The number of methoxy groups -OCH3 is 1. The maximum atomic E-state index is 14.8. The number of anilines is 2. The van der Waals surface area contributed by atoms with E-state index in [2.05, 4.69) is 47.1 Å². The monoisotopic (exact) mass is 729 g/mol. The average Bonchev–Trinajstić information content (AvgIpc) is 3.87. The number of hydrogen-bond donors (Lipinski definition) is 6. The molecule has 272 valence electrons. The van der Waals surface area contributed by atoms with Crippen molar-refractivity contribution < 1.29 is 48.0 Å². The summed E-state index contributed by atoms with van der Waals surface area (Å²) in [5, 5.41) is 41.4. The van der Waals surface area contributed by atoms with Crippen LogP contribution in [0.1, 0.15) is 44.0 Å². The zero-order chi connectivity index (χ0) is 37.5. The highest BCUT2D eigenvalue weighted by Gasteiger charge is 2.25. The molecule has 6 N–H and O–H groups in total. The van der Waals surface area contributed by atoms with E-state index in [0.29, 0.717) is 24.5 Å². The molecule has 0 spiro atoms. The summed E-state index contributed by atoms with van der Waals surface area (Å²) in [7, 11) is 1.32. The fourth-order valence-electron chi connectivity index (χ4n) is 4.81. The lowest BCUT2D eigenvalue weighted by Gasteiger charge is -2.17. The predicted molar refractivity (Wildman–Crippen MR) is 181 cm³/mol. The lowest BCUT2D eigenvalue weighted by Crippen LogP contribution is -2.40. The van der Waals surface area contributed by atoms with Crippen LogP contribution in [0.4, 0.5) is 15.8 Å². The number of benzene rings is 2. The molecule has 2 amide bonds. The number of carbonyl (C=O) groups is 4. The first kappa shape index (κ1) is 35.4. The van der Waals surface area contributed by atoms with E-state index in [-0.39, 0.29) is 58.8 Å². The number of unbranched alkanes of at least 4 members (excludes halogenated alkanes) is 1. The molecule has 0 fully saturated rings. The van der Waals surface area contributed by atoms with Gasteiger partial charge in [0.05, 0.1) is 42.8 Å². The Kier molecular flexibility index (Phi) is 10.4. The minimum Gasteiger partial charge on any atom is -0.493 e. The van der Waals surface area contributed by atoms with Crippen molar-refractivity contribution in [3.05, 3.63) is 89.9 Å². The number of carbonyl (C=O) groups excluding carboxylic acids is 2. The molecule has 20 nitrogen and oxygen atoms in total. The second-order valence-electron chi connectivity index (χ2n) is 10.9. The van der Waals surface area contributed by atoms with Crippen LogP contribution in [0.25, 0.3) is 5.82 Å². The predicted octanol–water partition coefficient (Wildman–Crippen LogP) is 2.20. The van der Waals surface area contributed by atoms with Gasteiger partial charge >= 0.3 is 11.9 Å². The Labute approximate surface area is 297 Å². The summed E-state index contributed by atoms with van der Waals surface area (Å²) in [5.41, 5.74) is 3.85. The molecule has 2 aliphatic rings. The Hall–Kier alpha value is -7.42. The average molecular weight is 730 g/mol. The minimum atomic E-state index is -1.48. The number of hydrazine groups is 2. The first-order chi connectivity index (χ1) is 25.6. The Morgan fingerprint density at radius 1 is 0.868 bits per heavy atom. The van der Waals surface area contributed by atoms with Crippen LogP contribution in [0.5, 0.6) is 17.2 Å². The quantitative estimate of drug-likeness (QED) is 0.0959. The summed E-state index contributed by atoms with van der Waals surface area (Å²) >= 11 is 0. The molecule has 21 heteroatoms. The Balaban J connectivity index is 1.05. The van der Waals surface area contributed by atoms with Crippen LogP contribution < -0.4 is 35.9 Å². The number of halogens is 1. The van der Waals surface area contributed by atoms with Crippen molar-refractivity contribution in [2.75, 3.05) is 31.0 Å². The molecule has 4 heterocycles. The van der Waals surface area contributed by atoms with Crippen molar-refractivity contribution >= 4 is 46.7 Å². The van der Waals surface area contributed by atoms with Gasteiger partial charge in [0.15, 0.2) is 46.1 Å². The fourth-order valence-corrected chi connectivity index (χ4v) is 4.81. The third kappa shape index (κ3) is 8.15. The van der Waals surface area contributed by atoms with Gasteiger partial charge in [-0.3, -0.25) is 14.2 Å². The van der Waals surface area contributed by atoms with Crippen LogP contribution in [0.15, 0.2) is 77.5 Å². The van der Waals surface area contributed by atoms with E-state index in [0.717, 1.165) is 12.1 Å². The SMILES string of the molecule is COc1cc(C(=O)O)c(NC(=O)C2=NN3NNN=C3C=C2)cc1OCCCCOc1cc(NC(=O)c2ccc(-n3ccnc3)nn2)c(C(=O)O)cc1F. The lowest BCUT2D eigenvalue weighted by atomic mass is 10.1. The zero-order valence-electron chi connectivity index (χ0n) is 27.4. The molecular formula is C32H28FN11O9. The van der Waals surface area contributed by atoms with E-state index in [1.807, 2.05) is 0 Å². The number of amidine groups is 1. The zero-order valence-corrected chi connectivity index (χ0v) is 27.4. The number of imidazole rings is 1. The molecule has 4 aromatic rings. The van der Waals surface area contributed by atoms with Gasteiger partial charge in [-0.05, 0) is 43.2 Å². The Bertz CT molecular complexity index is 2160. The lowest BCUT2D eigenvalue weighted by molar-refractivity contribution is -0.110. The summed E-state index contributed by atoms with van der Waals surface area (Å²) < 4.78 is 33.1. The van der Waals surface area contributed by atoms with Gasteiger partial charge in [0.2, 0.25) is 0 Å². The summed E-state index contributed by atoms with van der Waals surface area (Å²) in [4.78, 5) is 53.5. The minimum absolute atomic E-state index is 0.0267. The highest BCUT2D eigenvalue weighted by molar-refractivity contribution is 6.48. The molecule has 0 radical (unpaired) electrons. The molecule has 0 bridgehead atoms. The van der Waals surface area contributed by atoms with E-state index < -0.39 is 35.1 Å². The summed E-state index contributed by atoms with van der Waals surface area (Å²) in [6.07, 6.45) is 8.30. The van der Waals surface area contributed by atoms with Gasteiger partial charge in [0, 0.05) is 30.6 Å². The topological polar surface area (TPSA) is 256 Å². The second kappa shape index (κ2) is 15.6. The van der Waals surface area contributed by atoms with Gasteiger partial charge in [-0.2, -0.15) is 5.12 Å². The Morgan fingerprint density at radius 2 is 1.57 bits per heavy atom. The first-order valence-corrected chi connectivity index (χ1v) is 15.5. The number of aromatic carboxylic acids is 2. The van der Waals surface area contributed by atoms with Crippen LogP contribution in [-0.2, 0) is 4.79 Å². The second-order valence-corrected chi connectivity index (χ2v) is 10.9. The third-order valence-electron chi connectivity index (χ3n) is 7.41. The van der Waals surface area contributed by atoms with E-state index in [1.165, 1.54) is 55.0 Å². The van der Waals surface area contributed by atoms with Gasteiger partial charge in [-0.15, -0.1) is 25.9 Å². The first-order valence-electron chi connectivity index (χ1n) is 15.5. The molecule has 2 aromatic heterocycles. The number of nitrogens with one attached hydrogen (secondary N) is 4. The summed E-state index contributed by atoms with van der Waals surface area (Å²) in [5.74, 6) is -4.54. The molecule has 0 saturated carbocycles. The number of hydrogen-bond acceptors (Lipinski definition) is 15. The van der Waals surface area contributed by atoms with Gasteiger partial charge in [-0.25, -0.2) is 24.5 Å². The molecule has 6 rings (SSSR count). The largest absolute Gasteiger partial charge is 0.493 e. The van der Waals surface area contributed by atoms with E-state index in [1.54, 1.807) is 17.0 Å². The van der Waals surface area contributed by atoms with Crippen LogP contribution >= 0.6 is 0 Å². The number of fused-ring (bicyclic) bond motifs is 1. The van der Waals surface area contributed by atoms with Crippen molar-refractivity contribution in [2.45, 2.75) is 12.8 Å². The fraction of sp³-hybridized carbons (Fsp3) is 0.156. The van der Waals surface area contributed by atoms with Crippen molar-refractivity contribution in [3.8, 4) is 23.1 Å². The number of rotatable bonds is 15. The molecule has 0 atom stereocenters. The van der Waals surface area contributed by atoms with Crippen molar-refractivity contribution in [3.63, 3.8) is 0 Å². The van der Waals surface area contributed by atoms with Crippen LogP contribution in [-0.4, -0.2) is 90.7 Å². The van der Waals surface area contributed by atoms with Gasteiger partial charge in [0.1, 0.15) is 6.33 Å². The molecule has 53 heavy (non-hydrogen) atoms. The van der Waals surface area contributed by atoms with Gasteiger partial charge in [0.25, 0.3) is 11.8 Å². The maximum Gasteiger partial charge on any atom is 0.337 e. The number of ether oxygens (including phenoxy) is 3. The van der Waals surface area contributed by atoms with Crippen LogP contribution in [0.3, 0.4) is 0 Å². The molecule has 2 aliphatic heterocycles. The van der Waals surface area contributed by atoms with Crippen LogP contribution in [0.2, 0.25) is 0 Å². The van der Waals surface area contributed by atoms with Gasteiger partial charge < -0.3 is 35.1 Å². The Morgan fingerprint density at radius 3 is 2.23 bits per heavy atom. The number of aromatic nitrogens is 4. The molecule has 2 aromatic carbocycles. The third-order valence-corrected chi connectivity index (χ3v) is 7.41. The maximum absolute atomic E-state index is 14.8. The van der Waals surface area contributed by atoms with E-state index in [4.69, 9.17) is 14.2 Å². The summed E-state index contributed by atoms with van der Waals surface area (Å²) in [6.45, 7) is 0.0498. The molecular weight excluding hydrogens is 701 g/mol. The van der Waals surface area contributed by atoms with Crippen molar-refractivity contribution in [1.82, 2.24) is 35.9 Å². The molecule has 0 aliphatic carbocycles. The van der Waals surface area contributed by atoms with E-state index in [9.17, 15) is 33.8 Å². The highest BCUT2D eigenvalue weighted by Crippen LogP contribution is 2.34. The van der Waals surface area contributed by atoms with Crippen molar-refractivity contribution in [1.29, 1.82) is 0 Å². The number of carboxylic acid groups (broad SMARTS) is 2. The number of amides is 2. The highest BCUT2D eigenvalue weighted by atomic mass is 19.1. The van der Waals surface area contributed by atoms with Crippen LogP contribution in [0, 0.1) is 5.82 Å². The molecule has 0 saturated heterocycles. The smallest absolute Gasteiger partial charge is 0.337 e. The van der Waals surface area contributed by atoms with E-state index >= 15 is 0 Å². The number of carboxylic acids is 2.